The molecule has 0 aromatic carbocycles. The van der Waals surface area contributed by atoms with Gasteiger partial charge in [-0.25, -0.2) is 4.79 Å². The van der Waals surface area contributed by atoms with E-state index in [1.165, 1.54) is 6.08 Å². The van der Waals surface area contributed by atoms with Gasteiger partial charge < -0.3 is 0 Å². The maximum atomic E-state index is 9.22. The number of rotatable bonds is 1. The highest BCUT2D eigenvalue weighted by Crippen LogP contribution is 1.74. The number of allylic oxidation sites excluding steroid dienone is 1. The predicted molar refractivity (Wildman–Crippen MR) is 29.2 cm³/mol. The van der Waals surface area contributed by atoms with E-state index in [4.69, 9.17) is 0 Å². The van der Waals surface area contributed by atoms with Crippen LogP contribution < -0.4 is 0 Å². The topological polar surface area (TPSA) is 17.1 Å². The Hall–Kier alpha value is 0.180. The molecular weight excluding hydrogens is 179 g/mol. The largest absolute Gasteiger partial charge is 0.234 e. The minimum Gasteiger partial charge on any atom is -0.234 e. The van der Waals surface area contributed by atoms with Gasteiger partial charge in [-0.05, 0) is 0 Å². The summed E-state index contributed by atoms with van der Waals surface area (Å²) in [7, 11) is 0. The second-order valence-corrected chi connectivity index (χ2v) is 1.36. The molecule has 28 valence electrons. The van der Waals surface area contributed by atoms with Crippen LogP contribution in [0.15, 0.2) is 6.08 Å². The van der Waals surface area contributed by atoms with Gasteiger partial charge in [0.15, 0.2) is 0 Å². The van der Waals surface area contributed by atoms with Crippen LogP contribution in [0.5, 0.6) is 0 Å². The molecule has 0 aromatic rings. The van der Waals surface area contributed by atoms with E-state index in [2.05, 4.69) is 22.6 Å². The molecule has 0 saturated carbocycles. The monoisotopic (exact) mass is 182 g/mol. The molecule has 0 amide bonds. The van der Waals surface area contributed by atoms with E-state index in [1.54, 1.807) is 5.94 Å². The molecule has 0 rings (SSSR count). The van der Waals surface area contributed by atoms with Crippen LogP contribution in [0.3, 0.4) is 0 Å². The van der Waals surface area contributed by atoms with Gasteiger partial charge in [-0.2, -0.15) is 0 Å². The van der Waals surface area contributed by atoms with Crippen LogP contribution in [0, 0.1) is 0 Å². The van der Waals surface area contributed by atoms with Crippen molar-refractivity contribution in [3.63, 3.8) is 0 Å². The third kappa shape index (κ3) is 4.18. The summed E-state index contributed by atoms with van der Waals surface area (Å²) in [6.07, 6.45) is 1.43. The summed E-state index contributed by atoms with van der Waals surface area (Å²) >= 11 is 2.07. The second kappa shape index (κ2) is 4.18. The van der Waals surface area contributed by atoms with Crippen molar-refractivity contribution < 1.29 is 4.79 Å². The number of carbonyl (C=O) groups excluding carboxylic acids is 1. The van der Waals surface area contributed by atoms with Gasteiger partial charge in [0.05, 0.1) is 0 Å². The lowest BCUT2D eigenvalue weighted by Crippen LogP contribution is -1.52. The number of hydrogen-bond acceptors (Lipinski definition) is 1. The maximum Gasteiger partial charge on any atom is 0.120 e. The molecule has 0 aromatic heterocycles. The molecule has 0 aliphatic carbocycles. The Morgan fingerprint density at radius 2 is 2.60 bits per heavy atom. The fourth-order valence-corrected chi connectivity index (χ4v) is 0.211. The first-order valence-corrected chi connectivity index (χ1v) is 2.69. The van der Waals surface area contributed by atoms with Crippen LogP contribution in [-0.4, -0.2) is 10.4 Å². The van der Waals surface area contributed by atoms with Crippen LogP contribution in [-0.2, 0) is 4.79 Å². The highest BCUT2D eigenvalue weighted by atomic mass is 127. The highest BCUT2D eigenvalue weighted by molar-refractivity contribution is 14.1. The molecule has 0 bridgehead atoms. The Bertz CT molecular complexity index is 53.9. The van der Waals surface area contributed by atoms with E-state index in [9.17, 15) is 4.79 Å². The van der Waals surface area contributed by atoms with E-state index in [1.807, 2.05) is 0 Å². The zero-order valence-electron chi connectivity index (χ0n) is 2.57. The second-order valence-electron chi connectivity index (χ2n) is 0.476. The first kappa shape index (κ1) is 5.18. The summed E-state index contributed by atoms with van der Waals surface area (Å²) in [4.78, 5) is 9.22. The predicted octanol–water partition coefficient (Wildman–Crippen LogP) is 0.809. The minimum absolute atomic E-state index is 0.765. The zero-order chi connectivity index (χ0) is 4.12. The van der Waals surface area contributed by atoms with Crippen molar-refractivity contribution in [3.05, 3.63) is 6.08 Å². The molecule has 1 nitrogen and oxygen atoms in total. The van der Waals surface area contributed by atoms with Crippen LogP contribution in [0.4, 0.5) is 0 Å². The van der Waals surface area contributed by atoms with Gasteiger partial charge in [-0.1, -0.05) is 22.6 Å². The Balaban J connectivity index is 2.93. The van der Waals surface area contributed by atoms with Gasteiger partial charge in [0.2, 0.25) is 0 Å². The van der Waals surface area contributed by atoms with Gasteiger partial charge >= 0.3 is 0 Å². The molecule has 0 fully saturated rings. The molecule has 0 aliphatic heterocycles. The smallest absolute Gasteiger partial charge is 0.120 e. The van der Waals surface area contributed by atoms with Crippen LogP contribution >= 0.6 is 22.6 Å². The Morgan fingerprint density at radius 1 is 2.00 bits per heavy atom. The summed E-state index contributed by atoms with van der Waals surface area (Å²) in [5, 5.41) is 0. The lowest BCUT2D eigenvalue weighted by Gasteiger charge is -1.53. The molecule has 0 unspecified atom stereocenters. The summed E-state index contributed by atoms with van der Waals surface area (Å²) in [6.45, 7) is 0. The van der Waals surface area contributed by atoms with E-state index in [0.717, 1.165) is 4.43 Å². The standard InChI is InChI=1S/C3H3IO/c4-2-1-3-5/h1H,2H2. The molecular formula is C3H3IO. The first-order valence-electron chi connectivity index (χ1n) is 1.17. The van der Waals surface area contributed by atoms with E-state index >= 15 is 0 Å². The van der Waals surface area contributed by atoms with E-state index in [-0.39, 0.29) is 0 Å². The van der Waals surface area contributed by atoms with Crippen molar-refractivity contribution in [1.29, 1.82) is 0 Å². The fraction of sp³-hybridized carbons (Fsp3) is 0.333. The Labute approximate surface area is 44.2 Å². The van der Waals surface area contributed by atoms with Crippen molar-refractivity contribution in [2.75, 3.05) is 4.43 Å². The maximum absolute atomic E-state index is 9.22. The molecule has 0 N–H and O–H groups in total. The van der Waals surface area contributed by atoms with Gasteiger partial charge in [0.25, 0.3) is 0 Å². The van der Waals surface area contributed by atoms with Gasteiger partial charge in [0, 0.05) is 10.5 Å². The average molecular weight is 182 g/mol. The molecule has 0 heterocycles. The molecule has 0 radical (unpaired) electrons. The molecule has 5 heavy (non-hydrogen) atoms. The summed E-state index contributed by atoms with van der Waals surface area (Å²) in [5.74, 6) is 1.63. The van der Waals surface area contributed by atoms with E-state index < -0.39 is 0 Å². The van der Waals surface area contributed by atoms with Crippen molar-refractivity contribution in [3.8, 4) is 0 Å². The summed E-state index contributed by atoms with van der Waals surface area (Å²) in [5.41, 5.74) is 0. The van der Waals surface area contributed by atoms with E-state index in [0.29, 0.717) is 0 Å². The number of halogens is 1. The molecule has 0 saturated heterocycles. The third-order valence-corrected chi connectivity index (χ3v) is 0.601. The van der Waals surface area contributed by atoms with Gasteiger partial charge in [0.1, 0.15) is 5.94 Å². The summed E-state index contributed by atoms with van der Waals surface area (Å²) in [6, 6.07) is 0. The van der Waals surface area contributed by atoms with Crippen molar-refractivity contribution in [2.45, 2.75) is 0 Å². The normalized spacial score (nSPS) is 5.80. The Kier molecular flexibility index (Phi) is 4.33. The van der Waals surface area contributed by atoms with Crippen molar-refractivity contribution in [1.82, 2.24) is 0 Å². The van der Waals surface area contributed by atoms with Gasteiger partial charge in [-0.15, -0.1) is 0 Å². The first-order chi connectivity index (χ1) is 2.41. The quantitative estimate of drug-likeness (QED) is 0.333. The zero-order valence-corrected chi connectivity index (χ0v) is 4.73. The van der Waals surface area contributed by atoms with Crippen LogP contribution in [0.25, 0.3) is 0 Å². The Morgan fingerprint density at radius 3 is 2.60 bits per heavy atom. The van der Waals surface area contributed by atoms with Gasteiger partial charge in [-0.3, -0.25) is 0 Å². The molecule has 0 spiro atoms. The number of hydrogen-bond donors (Lipinski definition) is 0. The summed E-state index contributed by atoms with van der Waals surface area (Å²) < 4.78 is 0.765. The fourth-order valence-electron chi connectivity index (χ4n) is 0.0315. The third-order valence-electron chi connectivity index (χ3n) is 0.160. The highest BCUT2D eigenvalue weighted by Gasteiger charge is 1.55. The molecule has 2 heteroatoms. The van der Waals surface area contributed by atoms with Crippen molar-refractivity contribution in [2.24, 2.45) is 0 Å². The SMILES string of the molecule is O=C=CCI. The average Bonchev–Trinajstić information content (AvgIpc) is 1.41. The van der Waals surface area contributed by atoms with Crippen LogP contribution in [0.2, 0.25) is 0 Å². The lowest BCUT2D eigenvalue weighted by atomic mass is 10.8. The minimum atomic E-state index is 0.765. The molecule has 0 aliphatic rings. The van der Waals surface area contributed by atoms with Crippen LogP contribution in [0.1, 0.15) is 0 Å². The molecule has 0 atom stereocenters. The van der Waals surface area contributed by atoms with Crippen molar-refractivity contribution >= 4 is 28.5 Å². The lowest BCUT2D eigenvalue weighted by molar-refractivity contribution is 0.569. The number of alkyl halides is 1.